The van der Waals surface area contributed by atoms with Crippen LogP contribution in [0.4, 0.5) is 0 Å². The molecule has 1 aromatic carbocycles. The molecule has 0 saturated heterocycles. The summed E-state index contributed by atoms with van der Waals surface area (Å²) in [4.78, 5) is 0. The van der Waals surface area contributed by atoms with Crippen molar-refractivity contribution in [1.29, 1.82) is 0 Å². The van der Waals surface area contributed by atoms with Gasteiger partial charge in [0, 0.05) is 0 Å². The molecule has 0 bridgehead atoms. The zero-order chi connectivity index (χ0) is 21.2. The summed E-state index contributed by atoms with van der Waals surface area (Å²) in [5.41, 5.74) is 0.687. The van der Waals surface area contributed by atoms with Crippen molar-refractivity contribution in [2.24, 2.45) is 0 Å². The van der Waals surface area contributed by atoms with Gasteiger partial charge < -0.3 is 23.7 Å². The molecule has 0 unspecified atom stereocenters. The van der Waals surface area contributed by atoms with Gasteiger partial charge in [-0.2, -0.15) is 8.42 Å². The lowest BCUT2D eigenvalue weighted by Gasteiger charge is -2.08. The van der Waals surface area contributed by atoms with Gasteiger partial charge in [-0.05, 0) is 12.5 Å². The lowest BCUT2D eigenvalue weighted by atomic mass is 10.2. The fraction of sp³-hybridized carbons (Fsp3) is 0.600. The van der Waals surface area contributed by atoms with E-state index in [0.717, 1.165) is 0 Å². The van der Waals surface area contributed by atoms with E-state index >= 15 is 0 Å². The van der Waals surface area contributed by atoms with Gasteiger partial charge in [0.1, 0.15) is 12.4 Å². The quantitative estimate of drug-likeness (QED) is 0.187. The summed E-state index contributed by atoms with van der Waals surface area (Å²) < 4.78 is 55.0. The first-order chi connectivity index (χ1) is 14.0. The van der Waals surface area contributed by atoms with Crippen LogP contribution in [0.15, 0.2) is 42.7 Å². The second kappa shape index (κ2) is 16.3. The summed E-state index contributed by atoms with van der Waals surface area (Å²) >= 11 is 0. The molecule has 0 N–H and O–H groups in total. The predicted octanol–water partition coefficient (Wildman–Crippen LogP) is 2.15. The Bertz CT molecular complexity index is 633. The Morgan fingerprint density at radius 2 is 1.21 bits per heavy atom. The molecule has 0 aliphatic rings. The highest BCUT2D eigenvalue weighted by Gasteiger charge is 2.11. The first-order valence-electron chi connectivity index (χ1n) is 9.50. The molecule has 1 aromatic rings. The summed E-state index contributed by atoms with van der Waals surface area (Å²) in [6.45, 7) is 9.22. The van der Waals surface area contributed by atoms with Crippen LogP contribution in [0.25, 0.3) is 0 Å². The van der Waals surface area contributed by atoms with E-state index in [1.54, 1.807) is 31.2 Å². The van der Waals surface area contributed by atoms with Crippen molar-refractivity contribution in [2.75, 3.05) is 66.1 Å². The summed E-state index contributed by atoms with van der Waals surface area (Å²) in [6.07, 6.45) is 0. The fourth-order valence-electron chi connectivity index (χ4n) is 2.08. The second-order valence-electron chi connectivity index (χ2n) is 6.01. The van der Waals surface area contributed by atoms with Gasteiger partial charge in [0.25, 0.3) is 10.1 Å². The molecule has 29 heavy (non-hydrogen) atoms. The first kappa shape index (κ1) is 25.5. The summed E-state index contributed by atoms with van der Waals surface area (Å²) in [5.74, 6) is 0.524. The number of hydrogen-bond acceptors (Lipinski definition) is 8. The normalized spacial score (nSPS) is 11.5. The standard InChI is InChI=1S/C20H32O8S/c1-19(2)27-16-14-25-12-10-23-8-9-24-11-13-26-15-17-28-29(21,22)18-20-6-4-3-5-7-20/h3-7H,1,8-18H2,2H3. The predicted molar refractivity (Wildman–Crippen MR) is 109 cm³/mol. The van der Waals surface area contributed by atoms with Crippen LogP contribution in [0, 0.1) is 0 Å². The Morgan fingerprint density at radius 1 is 0.759 bits per heavy atom. The van der Waals surface area contributed by atoms with Gasteiger partial charge in [-0.3, -0.25) is 4.18 Å². The molecule has 0 aliphatic carbocycles. The lowest BCUT2D eigenvalue weighted by molar-refractivity contribution is -0.00897. The molecule has 0 radical (unpaired) electrons. The average Bonchev–Trinajstić information content (AvgIpc) is 2.67. The number of hydrogen-bond donors (Lipinski definition) is 0. The third-order valence-electron chi connectivity index (χ3n) is 3.37. The molecule has 1 rings (SSSR count). The lowest BCUT2D eigenvalue weighted by Crippen LogP contribution is -2.15. The Hall–Kier alpha value is -1.49. The smallest absolute Gasteiger partial charge is 0.271 e. The van der Waals surface area contributed by atoms with Gasteiger partial charge in [-0.15, -0.1) is 0 Å². The maximum Gasteiger partial charge on any atom is 0.271 e. The zero-order valence-electron chi connectivity index (χ0n) is 17.0. The minimum Gasteiger partial charge on any atom is -0.496 e. The van der Waals surface area contributed by atoms with Crippen molar-refractivity contribution < 1.29 is 36.3 Å². The van der Waals surface area contributed by atoms with Crippen molar-refractivity contribution in [3.63, 3.8) is 0 Å². The molecule has 0 aromatic heterocycles. The highest BCUT2D eigenvalue weighted by atomic mass is 32.2. The third kappa shape index (κ3) is 16.0. The van der Waals surface area contributed by atoms with E-state index in [1.807, 2.05) is 6.07 Å². The van der Waals surface area contributed by atoms with E-state index in [2.05, 4.69) is 6.58 Å². The molecule has 0 aliphatic heterocycles. The van der Waals surface area contributed by atoms with Crippen LogP contribution in [0.1, 0.15) is 12.5 Å². The topological polar surface area (TPSA) is 89.5 Å². The molecule has 0 fully saturated rings. The van der Waals surface area contributed by atoms with Gasteiger partial charge >= 0.3 is 0 Å². The maximum absolute atomic E-state index is 11.8. The van der Waals surface area contributed by atoms with Gasteiger partial charge in [-0.1, -0.05) is 36.9 Å². The van der Waals surface area contributed by atoms with Crippen LogP contribution >= 0.6 is 0 Å². The van der Waals surface area contributed by atoms with Crippen LogP contribution in [-0.4, -0.2) is 74.5 Å². The second-order valence-corrected chi connectivity index (χ2v) is 7.65. The molecule has 0 spiro atoms. The minimum absolute atomic E-state index is 0.0182. The van der Waals surface area contributed by atoms with E-state index in [0.29, 0.717) is 64.2 Å². The monoisotopic (exact) mass is 432 g/mol. The number of allylic oxidation sites excluding steroid dienone is 1. The van der Waals surface area contributed by atoms with Crippen LogP contribution in [0.2, 0.25) is 0 Å². The van der Waals surface area contributed by atoms with Gasteiger partial charge in [0.05, 0.1) is 65.2 Å². The SMILES string of the molecule is C=C(C)OCCOCCOCCOCCOCCOS(=O)(=O)Cc1ccccc1. The Balaban J connectivity index is 1.84. The highest BCUT2D eigenvalue weighted by molar-refractivity contribution is 7.85. The molecule has 0 heterocycles. The van der Waals surface area contributed by atoms with Crippen molar-refractivity contribution in [3.8, 4) is 0 Å². The summed E-state index contributed by atoms with van der Waals surface area (Å²) in [7, 11) is -3.61. The minimum atomic E-state index is -3.61. The maximum atomic E-state index is 11.8. The zero-order valence-corrected chi connectivity index (χ0v) is 17.9. The number of ether oxygens (including phenoxy) is 5. The average molecular weight is 433 g/mol. The van der Waals surface area contributed by atoms with Gasteiger partial charge in [-0.25, -0.2) is 0 Å². The molecule has 0 amide bonds. The molecule has 8 nitrogen and oxygen atoms in total. The van der Waals surface area contributed by atoms with Gasteiger partial charge in [0.15, 0.2) is 0 Å². The number of benzene rings is 1. The van der Waals surface area contributed by atoms with E-state index in [9.17, 15) is 8.42 Å². The summed E-state index contributed by atoms with van der Waals surface area (Å²) in [6, 6.07) is 8.89. The molecule has 9 heteroatoms. The number of rotatable bonds is 19. The van der Waals surface area contributed by atoms with Crippen LogP contribution in [0.3, 0.4) is 0 Å². The Morgan fingerprint density at radius 3 is 1.69 bits per heavy atom. The van der Waals surface area contributed by atoms with Crippen molar-refractivity contribution in [1.82, 2.24) is 0 Å². The van der Waals surface area contributed by atoms with Crippen LogP contribution in [-0.2, 0) is 43.7 Å². The van der Waals surface area contributed by atoms with Crippen LogP contribution in [0.5, 0.6) is 0 Å². The van der Waals surface area contributed by atoms with Crippen molar-refractivity contribution in [2.45, 2.75) is 12.7 Å². The molecule has 0 saturated carbocycles. The van der Waals surface area contributed by atoms with E-state index in [-0.39, 0.29) is 19.0 Å². The van der Waals surface area contributed by atoms with Gasteiger partial charge in [0.2, 0.25) is 0 Å². The molecular formula is C20H32O8S. The molecular weight excluding hydrogens is 400 g/mol. The Kier molecular flexibility index (Phi) is 14.4. The van der Waals surface area contributed by atoms with E-state index < -0.39 is 10.1 Å². The van der Waals surface area contributed by atoms with Crippen molar-refractivity contribution in [3.05, 3.63) is 48.2 Å². The van der Waals surface area contributed by atoms with Crippen LogP contribution < -0.4 is 0 Å². The first-order valence-corrected chi connectivity index (χ1v) is 11.1. The largest absolute Gasteiger partial charge is 0.496 e. The molecule has 0 atom stereocenters. The Labute approximate surface area is 173 Å². The summed E-state index contributed by atoms with van der Waals surface area (Å²) in [5, 5.41) is 0. The van der Waals surface area contributed by atoms with E-state index in [1.165, 1.54) is 0 Å². The van der Waals surface area contributed by atoms with E-state index in [4.69, 9.17) is 27.9 Å². The highest BCUT2D eigenvalue weighted by Crippen LogP contribution is 2.06. The van der Waals surface area contributed by atoms with Crippen molar-refractivity contribution >= 4 is 10.1 Å². The fourth-order valence-corrected chi connectivity index (χ4v) is 3.08. The molecule has 166 valence electrons. The third-order valence-corrected chi connectivity index (χ3v) is 4.58.